The average Bonchev–Trinajstić information content (AvgIpc) is 2.88. The van der Waals surface area contributed by atoms with Crippen molar-refractivity contribution in [3.05, 3.63) is 57.8 Å². The van der Waals surface area contributed by atoms with E-state index in [1.807, 2.05) is 0 Å². The lowest BCUT2D eigenvalue weighted by Gasteiger charge is -2.32. The minimum Gasteiger partial charge on any atom is -0.422 e. The monoisotopic (exact) mass is 409 g/mol. The van der Waals surface area contributed by atoms with Crippen molar-refractivity contribution in [3.8, 4) is 0 Å². The van der Waals surface area contributed by atoms with Gasteiger partial charge < -0.3 is 14.0 Å². The first-order chi connectivity index (χ1) is 12.7. The predicted molar refractivity (Wildman–Crippen MR) is 98.7 cm³/mol. The molecule has 2 aromatic rings. The third-order valence-electron chi connectivity index (χ3n) is 4.16. The van der Waals surface area contributed by atoms with Gasteiger partial charge >= 0.3 is 11.9 Å². The van der Waals surface area contributed by atoms with E-state index in [0.717, 1.165) is 0 Å². The Kier molecular flexibility index (Phi) is 5.31. The van der Waals surface area contributed by atoms with Crippen LogP contribution in [0.15, 0.2) is 36.4 Å². The number of halogens is 2. The predicted octanol–water partition coefficient (Wildman–Crippen LogP) is 3.87. The molecule has 6 nitrogen and oxygen atoms in total. The van der Waals surface area contributed by atoms with E-state index in [-0.39, 0.29) is 34.6 Å². The molecule has 0 atom stereocenters. The van der Waals surface area contributed by atoms with E-state index in [1.54, 1.807) is 30.3 Å². The van der Waals surface area contributed by atoms with Gasteiger partial charge in [-0.1, -0.05) is 53.5 Å². The van der Waals surface area contributed by atoms with Crippen LogP contribution in [0.4, 0.5) is 0 Å². The number of nitrogens with zero attached hydrogens (tertiary/aromatic N) is 1. The summed E-state index contributed by atoms with van der Waals surface area (Å²) in [7, 11) is 0. The van der Waals surface area contributed by atoms with Crippen molar-refractivity contribution in [3.63, 3.8) is 0 Å². The fourth-order valence-electron chi connectivity index (χ4n) is 2.87. The van der Waals surface area contributed by atoms with E-state index >= 15 is 0 Å². The largest absolute Gasteiger partial charge is 0.422 e. The maximum absolute atomic E-state index is 12.8. The highest BCUT2D eigenvalue weighted by Crippen LogP contribution is 2.30. The van der Waals surface area contributed by atoms with E-state index in [2.05, 4.69) is 0 Å². The quantitative estimate of drug-likeness (QED) is 0.425. The molecular formula is C19H17Cl2NO5. The molecule has 0 amide bonds. The molecule has 0 N–H and O–H groups in total. The molecule has 142 valence electrons. The average molecular weight is 410 g/mol. The van der Waals surface area contributed by atoms with Gasteiger partial charge in [0.2, 0.25) is 5.78 Å². The number of carbonyl (C=O) groups excluding carboxylic acids is 3. The van der Waals surface area contributed by atoms with Crippen molar-refractivity contribution in [2.45, 2.75) is 32.6 Å². The molecule has 27 heavy (non-hydrogen) atoms. The normalized spacial score (nSPS) is 16.7. The van der Waals surface area contributed by atoms with Crippen molar-refractivity contribution in [2.75, 3.05) is 0 Å². The summed E-state index contributed by atoms with van der Waals surface area (Å²) in [5, 5.41) is 0.375. The topological polar surface area (TPSA) is 74.6 Å². The minimum absolute atomic E-state index is 0.0630. The Labute approximate surface area is 166 Å². The second-order valence-electron chi connectivity index (χ2n) is 6.60. The van der Waals surface area contributed by atoms with Gasteiger partial charge in [-0.25, -0.2) is 0 Å². The number of hydrogen-bond acceptors (Lipinski definition) is 5. The molecule has 1 fully saturated rings. The molecule has 0 bridgehead atoms. The number of ketones is 1. The molecule has 0 saturated carbocycles. The highest BCUT2D eigenvalue weighted by molar-refractivity contribution is 6.42. The van der Waals surface area contributed by atoms with Gasteiger partial charge in [0.25, 0.3) is 5.79 Å². The van der Waals surface area contributed by atoms with Crippen LogP contribution in [0.3, 0.4) is 0 Å². The van der Waals surface area contributed by atoms with Crippen molar-refractivity contribution in [1.29, 1.82) is 0 Å². The number of aromatic nitrogens is 1. The maximum atomic E-state index is 12.8. The molecule has 8 heteroatoms. The van der Waals surface area contributed by atoms with Crippen molar-refractivity contribution < 1.29 is 23.9 Å². The van der Waals surface area contributed by atoms with E-state index in [0.29, 0.717) is 5.56 Å². The Balaban J connectivity index is 1.83. The number of esters is 2. The van der Waals surface area contributed by atoms with Gasteiger partial charge in [-0.3, -0.25) is 14.4 Å². The van der Waals surface area contributed by atoms with E-state index < -0.39 is 23.6 Å². The summed E-state index contributed by atoms with van der Waals surface area (Å²) in [6.45, 7) is 3.09. The third-order valence-corrected chi connectivity index (χ3v) is 4.95. The maximum Gasteiger partial charge on any atom is 0.323 e. The molecule has 1 aliphatic rings. The summed E-state index contributed by atoms with van der Waals surface area (Å²) >= 11 is 12.3. The zero-order valence-corrected chi connectivity index (χ0v) is 16.2. The Hall–Kier alpha value is -2.31. The second-order valence-corrected chi connectivity index (χ2v) is 7.36. The Morgan fingerprint density at radius 3 is 2.30 bits per heavy atom. The Bertz CT molecular complexity index is 884. The van der Waals surface area contributed by atoms with Crippen LogP contribution in [-0.4, -0.2) is 28.1 Å². The molecule has 0 radical (unpaired) electrons. The standard InChI is InChI=1S/C19H17Cl2NO5/c1-19(2)26-17(24)12(18(25)27-19)8-9-22-14(10-13(20)16(22)21)15(23)11-6-4-3-5-7-11/h3-7,10,12H,8-9H2,1-2H3. The van der Waals surface area contributed by atoms with E-state index in [4.69, 9.17) is 32.7 Å². The van der Waals surface area contributed by atoms with Gasteiger partial charge in [-0.05, 0) is 12.5 Å². The SMILES string of the molecule is CC1(C)OC(=O)C(CCn2c(C(=O)c3ccccc3)cc(Cl)c2Cl)C(=O)O1. The molecule has 1 saturated heterocycles. The first-order valence-electron chi connectivity index (χ1n) is 8.29. The Morgan fingerprint density at radius 1 is 1.11 bits per heavy atom. The minimum atomic E-state index is -1.28. The van der Waals surface area contributed by atoms with Gasteiger partial charge in [0, 0.05) is 26.0 Å². The zero-order chi connectivity index (χ0) is 19.8. The summed E-state index contributed by atoms with van der Waals surface area (Å²) < 4.78 is 11.7. The van der Waals surface area contributed by atoms with Crippen molar-refractivity contribution in [1.82, 2.24) is 4.57 Å². The zero-order valence-electron chi connectivity index (χ0n) is 14.7. The first-order valence-corrected chi connectivity index (χ1v) is 9.05. The number of benzene rings is 1. The highest BCUT2D eigenvalue weighted by atomic mass is 35.5. The van der Waals surface area contributed by atoms with Crippen LogP contribution < -0.4 is 0 Å². The van der Waals surface area contributed by atoms with Gasteiger partial charge in [-0.2, -0.15) is 0 Å². The van der Waals surface area contributed by atoms with Crippen LogP contribution in [0.2, 0.25) is 10.2 Å². The molecular weight excluding hydrogens is 393 g/mol. The number of carbonyl (C=O) groups is 3. The summed E-state index contributed by atoms with van der Waals surface area (Å²) in [4.78, 5) is 37.0. The first kappa shape index (κ1) is 19.5. The number of ether oxygens (including phenoxy) is 2. The van der Waals surface area contributed by atoms with Gasteiger partial charge in [0.15, 0.2) is 5.92 Å². The molecule has 1 aromatic heterocycles. The van der Waals surface area contributed by atoms with Crippen LogP contribution in [0.5, 0.6) is 0 Å². The summed E-state index contributed by atoms with van der Waals surface area (Å²) in [5.74, 6) is -3.97. The van der Waals surface area contributed by atoms with Crippen LogP contribution in [-0.2, 0) is 25.6 Å². The van der Waals surface area contributed by atoms with E-state index in [9.17, 15) is 14.4 Å². The molecule has 3 rings (SSSR count). The summed E-state index contributed by atoms with van der Waals surface area (Å²) in [6, 6.07) is 10.1. The molecule has 0 unspecified atom stereocenters. The molecule has 1 aliphatic heterocycles. The van der Waals surface area contributed by atoms with E-state index in [1.165, 1.54) is 24.5 Å². The fraction of sp³-hybridized carbons (Fsp3) is 0.316. The molecule has 1 aromatic carbocycles. The van der Waals surface area contributed by atoms with Crippen molar-refractivity contribution in [2.24, 2.45) is 5.92 Å². The summed E-state index contributed by atoms with van der Waals surface area (Å²) in [6.07, 6.45) is 0.0630. The lowest BCUT2D eigenvalue weighted by Crippen LogP contribution is -2.46. The smallest absolute Gasteiger partial charge is 0.323 e. The number of cyclic esters (lactones) is 2. The molecule has 0 spiro atoms. The number of rotatable bonds is 5. The molecule has 0 aliphatic carbocycles. The van der Waals surface area contributed by atoms with Gasteiger partial charge in [0.1, 0.15) is 5.15 Å². The van der Waals surface area contributed by atoms with Crippen LogP contribution in [0.1, 0.15) is 36.3 Å². The van der Waals surface area contributed by atoms with Crippen LogP contribution in [0.25, 0.3) is 0 Å². The lowest BCUT2D eigenvalue weighted by atomic mass is 10.0. The lowest BCUT2D eigenvalue weighted by molar-refractivity contribution is -0.240. The van der Waals surface area contributed by atoms with Crippen LogP contribution >= 0.6 is 23.2 Å². The fourth-order valence-corrected chi connectivity index (χ4v) is 3.31. The Morgan fingerprint density at radius 2 is 1.70 bits per heavy atom. The summed E-state index contributed by atoms with van der Waals surface area (Å²) in [5.41, 5.74) is 0.747. The van der Waals surface area contributed by atoms with Crippen molar-refractivity contribution >= 4 is 40.9 Å². The second kappa shape index (κ2) is 7.37. The van der Waals surface area contributed by atoms with Crippen LogP contribution in [0, 0.1) is 5.92 Å². The van der Waals surface area contributed by atoms with Gasteiger partial charge in [-0.15, -0.1) is 0 Å². The van der Waals surface area contributed by atoms with Gasteiger partial charge in [0.05, 0.1) is 10.7 Å². The highest BCUT2D eigenvalue weighted by Gasteiger charge is 2.43. The third kappa shape index (κ3) is 4.01. The molecule has 2 heterocycles. The number of hydrogen-bond donors (Lipinski definition) is 0.